The van der Waals surface area contributed by atoms with Crippen molar-refractivity contribution in [1.29, 1.82) is 0 Å². The maximum Gasteiger partial charge on any atom is 0.00391 e. The summed E-state index contributed by atoms with van der Waals surface area (Å²) in [5.41, 5.74) is 0.680. The molecule has 1 spiro atoms. The van der Waals surface area contributed by atoms with Crippen molar-refractivity contribution < 1.29 is 0 Å². The fraction of sp³-hybridized carbons (Fsp3) is 1.00. The van der Waals surface area contributed by atoms with Crippen LogP contribution >= 0.6 is 0 Å². The second-order valence-corrected chi connectivity index (χ2v) is 6.68. The Morgan fingerprint density at radius 2 is 1.94 bits per heavy atom. The van der Waals surface area contributed by atoms with Crippen LogP contribution in [0, 0.1) is 11.3 Å². The second kappa shape index (κ2) is 4.87. The van der Waals surface area contributed by atoms with E-state index in [1.54, 1.807) is 0 Å². The number of hydrogen-bond donors (Lipinski definition) is 1. The molecule has 3 heteroatoms. The quantitative estimate of drug-likeness (QED) is 0.773. The Morgan fingerprint density at radius 3 is 2.65 bits per heavy atom. The van der Waals surface area contributed by atoms with Gasteiger partial charge in [-0.2, -0.15) is 0 Å². The summed E-state index contributed by atoms with van der Waals surface area (Å²) in [6.07, 6.45) is 5.74. The van der Waals surface area contributed by atoms with E-state index in [-0.39, 0.29) is 0 Å². The lowest BCUT2D eigenvalue weighted by atomic mass is 9.72. The van der Waals surface area contributed by atoms with Crippen LogP contribution in [-0.4, -0.2) is 62.7 Å². The van der Waals surface area contributed by atoms with Gasteiger partial charge >= 0.3 is 0 Å². The Labute approximate surface area is 106 Å². The van der Waals surface area contributed by atoms with E-state index >= 15 is 0 Å². The SMILES string of the molecule is CN1CC(CN2CCCC3(CCNCC3)C2)C1. The molecule has 0 atom stereocenters. The average molecular weight is 237 g/mol. The average Bonchev–Trinajstić information content (AvgIpc) is 2.28. The van der Waals surface area contributed by atoms with E-state index in [4.69, 9.17) is 0 Å². The highest BCUT2D eigenvalue weighted by Crippen LogP contribution is 2.38. The summed E-state index contributed by atoms with van der Waals surface area (Å²) >= 11 is 0. The summed E-state index contributed by atoms with van der Waals surface area (Å²) in [6, 6.07) is 0. The number of hydrogen-bond acceptors (Lipinski definition) is 3. The number of likely N-dealkylation sites (tertiary alicyclic amines) is 2. The van der Waals surface area contributed by atoms with Gasteiger partial charge in [-0.3, -0.25) is 0 Å². The molecule has 3 rings (SSSR count). The zero-order valence-corrected chi connectivity index (χ0v) is 11.2. The zero-order chi connectivity index (χ0) is 11.7. The van der Waals surface area contributed by atoms with Crippen LogP contribution in [0.25, 0.3) is 0 Å². The second-order valence-electron chi connectivity index (χ2n) is 6.68. The summed E-state index contributed by atoms with van der Waals surface area (Å²) in [6.45, 7) is 9.25. The molecule has 0 amide bonds. The minimum absolute atomic E-state index is 0.680. The van der Waals surface area contributed by atoms with Gasteiger partial charge in [0.15, 0.2) is 0 Å². The number of nitrogens with zero attached hydrogens (tertiary/aromatic N) is 2. The standard InChI is InChI=1S/C14H27N3/c1-16-9-13(10-16)11-17-8-2-3-14(12-17)4-6-15-7-5-14/h13,15H,2-12H2,1H3. The third kappa shape index (κ3) is 2.67. The van der Waals surface area contributed by atoms with E-state index in [9.17, 15) is 0 Å². The van der Waals surface area contributed by atoms with E-state index in [2.05, 4.69) is 22.2 Å². The lowest BCUT2D eigenvalue weighted by molar-refractivity contribution is 0.0236. The van der Waals surface area contributed by atoms with E-state index < -0.39 is 0 Å². The fourth-order valence-corrected chi connectivity index (χ4v) is 4.14. The molecule has 0 aromatic rings. The Morgan fingerprint density at radius 1 is 1.18 bits per heavy atom. The smallest absolute Gasteiger partial charge is 0.00391 e. The first-order chi connectivity index (χ1) is 8.26. The number of piperidine rings is 2. The fourth-order valence-electron chi connectivity index (χ4n) is 4.14. The van der Waals surface area contributed by atoms with Gasteiger partial charge in [-0.25, -0.2) is 0 Å². The molecule has 3 aliphatic rings. The molecule has 0 unspecified atom stereocenters. The first kappa shape index (κ1) is 11.9. The van der Waals surface area contributed by atoms with Gasteiger partial charge in [0.2, 0.25) is 0 Å². The Balaban J connectivity index is 1.52. The van der Waals surface area contributed by atoms with E-state index in [0.717, 1.165) is 5.92 Å². The maximum absolute atomic E-state index is 3.51. The molecule has 3 nitrogen and oxygen atoms in total. The van der Waals surface area contributed by atoms with Crippen LogP contribution in [0.15, 0.2) is 0 Å². The maximum atomic E-state index is 3.51. The Kier molecular flexibility index (Phi) is 3.42. The van der Waals surface area contributed by atoms with Crippen molar-refractivity contribution >= 4 is 0 Å². The highest BCUT2D eigenvalue weighted by molar-refractivity contribution is 4.92. The van der Waals surface area contributed by atoms with Crippen molar-refractivity contribution in [1.82, 2.24) is 15.1 Å². The first-order valence-corrected chi connectivity index (χ1v) is 7.37. The van der Waals surface area contributed by atoms with Crippen LogP contribution in [0.2, 0.25) is 0 Å². The monoisotopic (exact) mass is 237 g/mol. The molecule has 0 aromatic heterocycles. The highest BCUT2D eigenvalue weighted by Gasteiger charge is 2.37. The number of rotatable bonds is 2. The van der Waals surface area contributed by atoms with Gasteiger partial charge in [-0.1, -0.05) is 0 Å². The third-order valence-electron chi connectivity index (χ3n) is 5.06. The first-order valence-electron chi connectivity index (χ1n) is 7.37. The zero-order valence-electron chi connectivity index (χ0n) is 11.2. The van der Waals surface area contributed by atoms with Crippen molar-refractivity contribution in [2.24, 2.45) is 11.3 Å². The molecule has 0 bridgehead atoms. The van der Waals surface area contributed by atoms with Gasteiger partial charge in [-0.15, -0.1) is 0 Å². The normalized spacial score (nSPS) is 31.6. The van der Waals surface area contributed by atoms with Gasteiger partial charge in [0.05, 0.1) is 0 Å². The van der Waals surface area contributed by atoms with Crippen LogP contribution in [0.5, 0.6) is 0 Å². The van der Waals surface area contributed by atoms with E-state index in [1.165, 1.54) is 71.5 Å². The van der Waals surface area contributed by atoms with Crippen molar-refractivity contribution in [2.75, 3.05) is 52.9 Å². The predicted molar refractivity (Wildman–Crippen MR) is 71.2 cm³/mol. The van der Waals surface area contributed by atoms with Gasteiger partial charge in [-0.05, 0) is 63.7 Å². The summed E-state index contributed by atoms with van der Waals surface area (Å²) in [5.74, 6) is 0.955. The molecule has 0 saturated carbocycles. The Hall–Kier alpha value is -0.120. The van der Waals surface area contributed by atoms with Crippen molar-refractivity contribution in [2.45, 2.75) is 25.7 Å². The van der Waals surface area contributed by atoms with Crippen molar-refractivity contribution in [3.63, 3.8) is 0 Å². The lowest BCUT2D eigenvalue weighted by Gasteiger charge is -2.48. The molecule has 3 fully saturated rings. The van der Waals surface area contributed by atoms with E-state index in [1.807, 2.05) is 0 Å². The molecule has 3 saturated heterocycles. The molecular formula is C14H27N3. The van der Waals surface area contributed by atoms with Crippen LogP contribution in [-0.2, 0) is 0 Å². The van der Waals surface area contributed by atoms with Crippen molar-refractivity contribution in [3.05, 3.63) is 0 Å². The van der Waals surface area contributed by atoms with Crippen LogP contribution in [0.1, 0.15) is 25.7 Å². The topological polar surface area (TPSA) is 18.5 Å². The molecule has 0 aromatic carbocycles. The van der Waals surface area contributed by atoms with Crippen LogP contribution < -0.4 is 5.32 Å². The molecular weight excluding hydrogens is 210 g/mol. The van der Waals surface area contributed by atoms with Crippen LogP contribution in [0.3, 0.4) is 0 Å². The molecule has 3 heterocycles. The molecule has 1 N–H and O–H groups in total. The summed E-state index contributed by atoms with van der Waals surface area (Å²) in [4.78, 5) is 5.21. The predicted octanol–water partition coefficient (Wildman–Crippen LogP) is 1.01. The molecule has 0 aliphatic carbocycles. The minimum atomic E-state index is 0.680. The third-order valence-corrected chi connectivity index (χ3v) is 5.06. The minimum Gasteiger partial charge on any atom is -0.317 e. The molecule has 17 heavy (non-hydrogen) atoms. The molecule has 0 radical (unpaired) electrons. The van der Waals surface area contributed by atoms with Gasteiger partial charge < -0.3 is 15.1 Å². The van der Waals surface area contributed by atoms with Gasteiger partial charge in [0, 0.05) is 26.2 Å². The molecule has 98 valence electrons. The summed E-state index contributed by atoms with van der Waals surface area (Å²) in [5, 5.41) is 3.51. The van der Waals surface area contributed by atoms with Gasteiger partial charge in [0.1, 0.15) is 0 Å². The summed E-state index contributed by atoms with van der Waals surface area (Å²) < 4.78 is 0. The van der Waals surface area contributed by atoms with Gasteiger partial charge in [0.25, 0.3) is 0 Å². The highest BCUT2D eigenvalue weighted by atomic mass is 15.2. The van der Waals surface area contributed by atoms with Crippen LogP contribution in [0.4, 0.5) is 0 Å². The van der Waals surface area contributed by atoms with E-state index in [0.29, 0.717) is 5.41 Å². The molecule has 3 aliphatic heterocycles. The largest absolute Gasteiger partial charge is 0.317 e. The Bertz CT molecular complexity index is 249. The summed E-state index contributed by atoms with van der Waals surface area (Å²) in [7, 11) is 2.24. The lowest BCUT2D eigenvalue weighted by Crippen LogP contribution is -2.54. The van der Waals surface area contributed by atoms with Crippen molar-refractivity contribution in [3.8, 4) is 0 Å². The number of nitrogens with one attached hydrogen (secondary N) is 1.